The Hall–Kier alpha value is -4.05. The van der Waals surface area contributed by atoms with Crippen LogP contribution in [0.5, 0.6) is 5.75 Å². The van der Waals surface area contributed by atoms with Crippen molar-refractivity contribution in [2.45, 2.75) is 46.1 Å². The fourth-order valence-electron chi connectivity index (χ4n) is 3.90. The van der Waals surface area contributed by atoms with Crippen molar-refractivity contribution in [2.75, 3.05) is 20.2 Å². The summed E-state index contributed by atoms with van der Waals surface area (Å²) in [5, 5.41) is 12.6. The average Bonchev–Trinajstić information content (AvgIpc) is 3.27. The Morgan fingerprint density at radius 1 is 1.23 bits per heavy atom. The molecule has 208 valence electrons. The molecular weight excluding hydrogens is 522 g/mol. The van der Waals surface area contributed by atoms with Crippen molar-refractivity contribution in [3.8, 4) is 16.9 Å². The van der Waals surface area contributed by atoms with Gasteiger partial charge in [0.25, 0.3) is 0 Å². The molecule has 0 saturated heterocycles. The first-order valence-corrected chi connectivity index (χ1v) is 12.9. The Balaban J connectivity index is 1.81. The summed E-state index contributed by atoms with van der Waals surface area (Å²) in [5.74, 6) is -0.640. The summed E-state index contributed by atoms with van der Waals surface area (Å²) in [7, 11) is 1.70. The van der Waals surface area contributed by atoms with E-state index in [2.05, 4.69) is 15.3 Å². The highest BCUT2D eigenvalue weighted by atomic mass is 35.5. The predicted octanol–water partition coefficient (Wildman–Crippen LogP) is 2.96. The molecule has 11 heteroatoms. The second-order valence-electron chi connectivity index (χ2n) is 9.89. The van der Waals surface area contributed by atoms with E-state index < -0.39 is 17.7 Å². The Labute approximate surface area is 232 Å². The zero-order chi connectivity index (χ0) is 28.7. The highest BCUT2D eigenvalue weighted by Crippen LogP contribution is 2.33. The average molecular weight is 557 g/mol. The minimum Gasteiger partial charge on any atom is -0.493 e. The number of hydrogen-bond acceptors (Lipinski definition) is 6. The van der Waals surface area contributed by atoms with Gasteiger partial charge in [0.05, 0.1) is 12.2 Å². The van der Waals surface area contributed by atoms with E-state index in [-0.39, 0.29) is 18.7 Å². The number of pyridine rings is 1. The van der Waals surface area contributed by atoms with Crippen molar-refractivity contribution < 1.29 is 29.2 Å². The summed E-state index contributed by atoms with van der Waals surface area (Å²) in [4.78, 5) is 30.8. The van der Waals surface area contributed by atoms with Gasteiger partial charge in [0.15, 0.2) is 5.71 Å². The lowest BCUT2D eigenvalue weighted by Crippen LogP contribution is -2.67. The lowest BCUT2D eigenvalue weighted by Gasteiger charge is -2.19. The van der Waals surface area contributed by atoms with E-state index >= 15 is 0 Å². The third-order valence-corrected chi connectivity index (χ3v) is 6.11. The molecule has 1 aromatic carbocycles. The minimum atomic E-state index is -1.19. The molecule has 0 aliphatic carbocycles. The number of aromatic nitrogens is 2. The number of carbonyl (C=O) groups is 2. The molecule has 1 amide bonds. The number of rotatable bonds is 10. The molecule has 0 bridgehead atoms. The van der Waals surface area contributed by atoms with Crippen LogP contribution in [0, 0.1) is 0 Å². The fourth-order valence-corrected chi connectivity index (χ4v) is 4.07. The van der Waals surface area contributed by atoms with Gasteiger partial charge in [-0.05, 0) is 51.1 Å². The number of nitrogens with zero attached hydrogens (tertiary/aromatic N) is 2. The van der Waals surface area contributed by atoms with Crippen molar-refractivity contribution in [1.82, 2.24) is 14.7 Å². The highest BCUT2D eigenvalue weighted by Gasteiger charge is 2.18. The molecule has 0 saturated carbocycles. The van der Waals surface area contributed by atoms with Crippen molar-refractivity contribution >= 4 is 35.0 Å². The SMILES string of the molecule is C[NH+]=C(C)/C(CCOc1cc(Cl)ccc1-c1ccc2ncc(CCNC(=O)OC(C)(C)C)n2c1)=C(\N)C(=O)O. The van der Waals surface area contributed by atoms with Crippen molar-refractivity contribution in [1.29, 1.82) is 0 Å². The summed E-state index contributed by atoms with van der Waals surface area (Å²) in [6, 6.07) is 9.21. The molecule has 2 aromatic heterocycles. The number of imidazole rings is 1. The van der Waals surface area contributed by atoms with Gasteiger partial charge in [0.1, 0.15) is 29.7 Å². The number of hydrogen-bond donors (Lipinski definition) is 4. The number of halogens is 1. The Bertz CT molecular complexity index is 1420. The number of fused-ring (bicyclic) bond motifs is 1. The van der Waals surface area contributed by atoms with E-state index in [1.807, 2.05) is 49.6 Å². The molecule has 2 heterocycles. The molecular formula is C28H35ClN5O5+. The molecule has 3 aromatic rings. The van der Waals surface area contributed by atoms with Gasteiger partial charge < -0.3 is 30.0 Å². The number of ether oxygens (including phenoxy) is 2. The maximum Gasteiger partial charge on any atom is 0.407 e. The number of nitrogens with two attached hydrogens (primary N) is 1. The predicted molar refractivity (Wildman–Crippen MR) is 150 cm³/mol. The molecule has 0 fully saturated rings. The molecule has 5 N–H and O–H groups in total. The number of nitrogens with one attached hydrogen (secondary N) is 2. The van der Waals surface area contributed by atoms with Gasteiger partial charge in [-0.25, -0.2) is 19.6 Å². The van der Waals surface area contributed by atoms with Crippen LogP contribution in [0.3, 0.4) is 0 Å². The first-order chi connectivity index (χ1) is 18.4. The van der Waals surface area contributed by atoms with E-state index in [1.54, 1.807) is 32.3 Å². The number of benzene rings is 1. The highest BCUT2D eigenvalue weighted by molar-refractivity contribution is 6.30. The van der Waals surface area contributed by atoms with Gasteiger partial charge in [-0.1, -0.05) is 11.6 Å². The summed E-state index contributed by atoms with van der Waals surface area (Å²) < 4.78 is 13.3. The maximum atomic E-state index is 12.0. The standard InChI is InChI=1S/C28H34ClN5O5/c1-17(31-5)21(25(30)26(35)36)11-13-38-23-14-19(29)7-8-22(23)18-6-9-24-33-15-20(34(24)16-18)10-12-32-27(37)39-28(2,3)4/h6-9,14-16H,10-13,30H2,1-5H3,(H,32,37)(H,35,36)/p+1/b25-21-,31-17?. The number of carboxylic acid groups (broad SMARTS) is 1. The van der Waals surface area contributed by atoms with E-state index in [9.17, 15) is 14.7 Å². The Kier molecular flexibility index (Phi) is 9.58. The van der Waals surface area contributed by atoms with Crippen LogP contribution in [-0.2, 0) is 16.0 Å². The molecule has 0 radical (unpaired) electrons. The molecule has 0 atom stereocenters. The summed E-state index contributed by atoms with van der Waals surface area (Å²) in [6.07, 6.45) is 4.09. The smallest absolute Gasteiger partial charge is 0.407 e. The van der Waals surface area contributed by atoms with Crippen LogP contribution >= 0.6 is 11.6 Å². The van der Waals surface area contributed by atoms with E-state index in [0.717, 1.165) is 22.5 Å². The third kappa shape index (κ3) is 7.97. The topological polar surface area (TPSA) is 142 Å². The summed E-state index contributed by atoms with van der Waals surface area (Å²) in [5.41, 5.74) is 9.49. The molecule has 0 spiro atoms. The van der Waals surface area contributed by atoms with Gasteiger partial charge in [-0.2, -0.15) is 0 Å². The number of aliphatic carboxylic acids is 1. The maximum absolute atomic E-state index is 12.0. The van der Waals surface area contributed by atoms with E-state index in [0.29, 0.717) is 35.0 Å². The van der Waals surface area contributed by atoms with Gasteiger partial charge in [0.2, 0.25) is 0 Å². The number of carboxylic acids is 1. The zero-order valence-corrected chi connectivity index (χ0v) is 23.6. The minimum absolute atomic E-state index is 0.185. The largest absolute Gasteiger partial charge is 0.493 e. The Morgan fingerprint density at radius 3 is 2.64 bits per heavy atom. The molecule has 0 aliphatic heterocycles. The van der Waals surface area contributed by atoms with Crippen molar-refractivity contribution in [2.24, 2.45) is 5.73 Å². The molecule has 39 heavy (non-hydrogen) atoms. The van der Waals surface area contributed by atoms with Crippen LogP contribution in [0.1, 0.15) is 39.8 Å². The molecule has 3 rings (SSSR count). The van der Waals surface area contributed by atoms with Gasteiger partial charge in [0, 0.05) is 60.5 Å². The Morgan fingerprint density at radius 2 is 1.97 bits per heavy atom. The van der Waals surface area contributed by atoms with E-state index in [4.69, 9.17) is 26.8 Å². The lowest BCUT2D eigenvalue weighted by atomic mass is 10.1. The van der Waals surface area contributed by atoms with Crippen LogP contribution in [0.25, 0.3) is 16.8 Å². The summed E-state index contributed by atoms with van der Waals surface area (Å²) in [6.45, 7) is 7.78. The molecule has 0 aliphatic rings. The van der Waals surface area contributed by atoms with E-state index in [1.165, 1.54) is 0 Å². The first-order valence-electron chi connectivity index (χ1n) is 12.5. The molecule has 10 nitrogen and oxygen atoms in total. The van der Waals surface area contributed by atoms with Crippen molar-refractivity contribution in [3.63, 3.8) is 0 Å². The van der Waals surface area contributed by atoms with Gasteiger partial charge in [-0.3, -0.25) is 0 Å². The van der Waals surface area contributed by atoms with Gasteiger partial charge in [-0.15, -0.1) is 0 Å². The van der Waals surface area contributed by atoms with Gasteiger partial charge >= 0.3 is 12.1 Å². The second kappa shape index (κ2) is 12.7. The summed E-state index contributed by atoms with van der Waals surface area (Å²) >= 11 is 6.28. The number of amides is 1. The van der Waals surface area contributed by atoms with Crippen molar-refractivity contribution in [3.05, 3.63) is 64.7 Å². The first kappa shape index (κ1) is 29.5. The van der Waals surface area contributed by atoms with Crippen LogP contribution < -0.4 is 20.8 Å². The van der Waals surface area contributed by atoms with Crippen LogP contribution in [-0.4, -0.2) is 58.1 Å². The van der Waals surface area contributed by atoms with Crippen LogP contribution in [0.4, 0.5) is 4.79 Å². The van der Waals surface area contributed by atoms with Crippen LogP contribution in [0.2, 0.25) is 5.02 Å². The third-order valence-electron chi connectivity index (χ3n) is 5.88. The number of carbonyl (C=O) groups excluding carboxylic acids is 1. The fraction of sp³-hybridized carbons (Fsp3) is 0.357. The zero-order valence-electron chi connectivity index (χ0n) is 22.8. The molecule has 0 unspecified atom stereocenters. The number of alkyl carbamates (subject to hydrolysis) is 1. The van der Waals surface area contributed by atoms with Crippen LogP contribution in [0.15, 0.2) is 54.0 Å². The lowest BCUT2D eigenvalue weighted by molar-refractivity contribution is -0.419. The second-order valence-corrected chi connectivity index (χ2v) is 10.3. The quantitative estimate of drug-likeness (QED) is 0.222. The monoisotopic (exact) mass is 556 g/mol. The normalized spacial score (nSPS) is 12.7.